The SMILES string of the molecule is CN1CCOc2ccc(NC(=O)Nc3cccs3)cc2C1=O. The maximum Gasteiger partial charge on any atom is 0.324 e. The Morgan fingerprint density at radius 3 is 2.95 bits per heavy atom. The van der Waals surface area contributed by atoms with E-state index in [2.05, 4.69) is 10.6 Å². The predicted octanol–water partition coefficient (Wildman–Crippen LogP) is 2.86. The molecule has 0 unspecified atom stereocenters. The summed E-state index contributed by atoms with van der Waals surface area (Å²) in [5.41, 5.74) is 0.994. The number of urea groups is 1. The summed E-state index contributed by atoms with van der Waals surface area (Å²) >= 11 is 1.44. The van der Waals surface area contributed by atoms with Gasteiger partial charge in [0.2, 0.25) is 0 Å². The topological polar surface area (TPSA) is 70.7 Å². The number of amides is 3. The zero-order valence-corrected chi connectivity index (χ0v) is 12.8. The second-order valence-corrected chi connectivity index (χ2v) is 5.79. The Balaban J connectivity index is 1.76. The Morgan fingerprint density at radius 2 is 2.18 bits per heavy atom. The summed E-state index contributed by atoms with van der Waals surface area (Å²) < 4.78 is 5.55. The van der Waals surface area contributed by atoms with Crippen molar-refractivity contribution >= 4 is 34.0 Å². The number of ether oxygens (including phenoxy) is 1. The fourth-order valence-electron chi connectivity index (χ4n) is 2.12. The molecule has 0 saturated heterocycles. The van der Waals surface area contributed by atoms with Crippen LogP contribution in [0.2, 0.25) is 0 Å². The Hall–Kier alpha value is -2.54. The lowest BCUT2D eigenvalue weighted by atomic mass is 10.1. The van der Waals surface area contributed by atoms with Crippen LogP contribution in [0.25, 0.3) is 0 Å². The van der Waals surface area contributed by atoms with Crippen molar-refractivity contribution in [1.29, 1.82) is 0 Å². The number of likely N-dealkylation sites (N-methyl/N-ethyl adjacent to an activating group) is 1. The van der Waals surface area contributed by atoms with Crippen LogP contribution in [-0.4, -0.2) is 37.0 Å². The molecule has 2 N–H and O–H groups in total. The van der Waals surface area contributed by atoms with Crippen LogP contribution in [0.5, 0.6) is 5.75 Å². The molecule has 0 spiro atoms. The Labute approximate surface area is 131 Å². The van der Waals surface area contributed by atoms with E-state index < -0.39 is 0 Å². The van der Waals surface area contributed by atoms with Gasteiger partial charge >= 0.3 is 6.03 Å². The van der Waals surface area contributed by atoms with E-state index in [9.17, 15) is 9.59 Å². The second-order valence-electron chi connectivity index (χ2n) is 4.84. The molecule has 0 aliphatic carbocycles. The lowest BCUT2D eigenvalue weighted by Gasteiger charge is -2.13. The molecule has 0 bridgehead atoms. The van der Waals surface area contributed by atoms with E-state index in [1.807, 2.05) is 17.5 Å². The number of nitrogens with one attached hydrogen (secondary N) is 2. The van der Waals surface area contributed by atoms with Crippen LogP contribution in [-0.2, 0) is 0 Å². The van der Waals surface area contributed by atoms with E-state index in [0.717, 1.165) is 5.00 Å². The van der Waals surface area contributed by atoms with Crippen LogP contribution >= 0.6 is 11.3 Å². The first-order valence-corrected chi connectivity index (χ1v) is 7.65. The number of carbonyl (C=O) groups excluding carboxylic acids is 2. The normalized spacial score (nSPS) is 13.9. The Bertz CT molecular complexity index is 700. The summed E-state index contributed by atoms with van der Waals surface area (Å²) in [6.45, 7) is 0.996. The molecule has 3 rings (SSSR count). The highest BCUT2D eigenvalue weighted by atomic mass is 32.1. The number of anilines is 2. The molecule has 6 nitrogen and oxygen atoms in total. The van der Waals surface area contributed by atoms with Gasteiger partial charge in [0, 0.05) is 12.7 Å². The second kappa shape index (κ2) is 6.07. The third kappa shape index (κ3) is 3.04. The fraction of sp³-hybridized carbons (Fsp3) is 0.200. The minimum atomic E-state index is -0.349. The average Bonchev–Trinajstić information content (AvgIpc) is 2.95. The van der Waals surface area contributed by atoms with Crippen LogP contribution in [0.1, 0.15) is 10.4 Å². The van der Waals surface area contributed by atoms with Gasteiger partial charge in [-0.15, -0.1) is 11.3 Å². The summed E-state index contributed by atoms with van der Waals surface area (Å²) in [6, 6.07) is 8.37. The largest absolute Gasteiger partial charge is 0.491 e. The zero-order valence-electron chi connectivity index (χ0n) is 12.0. The third-order valence-corrected chi connectivity index (χ3v) is 4.04. The van der Waals surface area contributed by atoms with E-state index >= 15 is 0 Å². The number of thiophene rings is 1. The number of nitrogens with zero attached hydrogens (tertiary/aromatic N) is 1. The maximum atomic E-state index is 12.3. The molecule has 1 aromatic heterocycles. The predicted molar refractivity (Wildman–Crippen MR) is 85.9 cm³/mol. The van der Waals surface area contributed by atoms with E-state index in [1.54, 1.807) is 30.1 Å². The van der Waals surface area contributed by atoms with Gasteiger partial charge in [-0.2, -0.15) is 0 Å². The van der Waals surface area contributed by atoms with Crippen molar-refractivity contribution in [3.63, 3.8) is 0 Å². The number of carbonyl (C=O) groups is 2. The van der Waals surface area contributed by atoms with E-state index in [1.165, 1.54) is 11.3 Å². The summed E-state index contributed by atoms with van der Waals surface area (Å²) in [5.74, 6) is 0.424. The molecule has 7 heteroatoms. The molecular formula is C15H15N3O3S. The number of fused-ring (bicyclic) bond motifs is 1. The van der Waals surface area contributed by atoms with Gasteiger partial charge in [-0.25, -0.2) is 4.79 Å². The van der Waals surface area contributed by atoms with E-state index in [0.29, 0.717) is 30.2 Å². The van der Waals surface area contributed by atoms with Crippen molar-refractivity contribution in [3.05, 3.63) is 41.3 Å². The highest BCUT2D eigenvalue weighted by molar-refractivity contribution is 7.14. The maximum absolute atomic E-state index is 12.3. The summed E-state index contributed by atoms with van der Waals surface area (Å²) in [4.78, 5) is 25.8. The molecule has 1 aliphatic heterocycles. The molecule has 0 atom stereocenters. The van der Waals surface area contributed by atoms with Gasteiger partial charge in [-0.1, -0.05) is 0 Å². The quantitative estimate of drug-likeness (QED) is 0.895. The summed E-state index contributed by atoms with van der Waals surface area (Å²) in [5, 5.41) is 8.08. The van der Waals surface area contributed by atoms with Crippen molar-refractivity contribution in [1.82, 2.24) is 4.90 Å². The van der Waals surface area contributed by atoms with Gasteiger partial charge in [0.05, 0.1) is 17.1 Å². The highest BCUT2D eigenvalue weighted by Crippen LogP contribution is 2.26. The lowest BCUT2D eigenvalue weighted by Crippen LogP contribution is -2.28. The van der Waals surface area contributed by atoms with E-state index in [-0.39, 0.29) is 11.9 Å². The Kier molecular flexibility index (Phi) is 3.97. The standard InChI is InChI=1S/C15H15N3O3S/c1-18-6-7-21-12-5-4-10(9-11(12)14(18)19)16-15(20)17-13-3-2-8-22-13/h2-5,8-9H,6-7H2,1H3,(H2,16,17,20). The van der Waals surface area contributed by atoms with Gasteiger partial charge in [-0.3, -0.25) is 10.1 Å². The molecule has 2 heterocycles. The van der Waals surface area contributed by atoms with Gasteiger partial charge in [-0.05, 0) is 35.7 Å². The van der Waals surface area contributed by atoms with Crippen LogP contribution in [0.15, 0.2) is 35.7 Å². The minimum Gasteiger partial charge on any atom is -0.491 e. The zero-order chi connectivity index (χ0) is 15.5. The Morgan fingerprint density at radius 1 is 1.32 bits per heavy atom. The van der Waals surface area contributed by atoms with Crippen LogP contribution in [0.4, 0.5) is 15.5 Å². The minimum absolute atomic E-state index is 0.116. The smallest absolute Gasteiger partial charge is 0.324 e. The number of rotatable bonds is 2. The third-order valence-electron chi connectivity index (χ3n) is 3.26. The van der Waals surface area contributed by atoms with Crippen LogP contribution in [0, 0.1) is 0 Å². The first-order valence-electron chi connectivity index (χ1n) is 6.77. The average molecular weight is 317 g/mol. The molecule has 2 aromatic rings. The van der Waals surface area contributed by atoms with Crippen molar-refractivity contribution in [2.75, 3.05) is 30.8 Å². The molecule has 22 heavy (non-hydrogen) atoms. The molecular weight excluding hydrogens is 302 g/mol. The van der Waals surface area contributed by atoms with Crippen LogP contribution < -0.4 is 15.4 Å². The first-order chi connectivity index (χ1) is 10.6. The molecule has 0 radical (unpaired) electrons. The molecule has 1 aliphatic rings. The molecule has 1 aromatic carbocycles. The van der Waals surface area contributed by atoms with Crippen molar-refractivity contribution in [2.45, 2.75) is 0 Å². The van der Waals surface area contributed by atoms with Crippen LogP contribution in [0.3, 0.4) is 0 Å². The van der Waals surface area contributed by atoms with Gasteiger partial charge in [0.1, 0.15) is 12.4 Å². The van der Waals surface area contributed by atoms with Gasteiger partial charge in [0.25, 0.3) is 5.91 Å². The van der Waals surface area contributed by atoms with Gasteiger partial charge in [0.15, 0.2) is 0 Å². The highest BCUT2D eigenvalue weighted by Gasteiger charge is 2.21. The first kappa shape index (κ1) is 14.4. The van der Waals surface area contributed by atoms with Gasteiger partial charge < -0.3 is 15.0 Å². The molecule has 114 valence electrons. The summed E-state index contributed by atoms with van der Waals surface area (Å²) in [7, 11) is 1.73. The van der Waals surface area contributed by atoms with Crippen molar-refractivity contribution in [3.8, 4) is 5.75 Å². The number of benzene rings is 1. The molecule has 0 saturated carbocycles. The molecule has 3 amide bonds. The van der Waals surface area contributed by atoms with Crippen molar-refractivity contribution in [2.24, 2.45) is 0 Å². The molecule has 0 fully saturated rings. The van der Waals surface area contributed by atoms with Crippen molar-refractivity contribution < 1.29 is 14.3 Å². The lowest BCUT2D eigenvalue weighted by molar-refractivity contribution is 0.0796. The number of hydrogen-bond donors (Lipinski definition) is 2. The van der Waals surface area contributed by atoms with E-state index in [4.69, 9.17) is 4.74 Å². The fourth-order valence-corrected chi connectivity index (χ4v) is 2.74. The number of hydrogen-bond acceptors (Lipinski definition) is 4. The summed E-state index contributed by atoms with van der Waals surface area (Å²) in [6.07, 6.45) is 0. The monoisotopic (exact) mass is 317 g/mol.